The molecule has 1 aliphatic carbocycles. The summed E-state index contributed by atoms with van der Waals surface area (Å²) in [4.78, 5) is 21.8. The number of ether oxygens (including phenoxy) is 1. The van der Waals surface area contributed by atoms with E-state index in [2.05, 4.69) is 20.9 Å². The summed E-state index contributed by atoms with van der Waals surface area (Å²) in [6, 6.07) is 13.6. The van der Waals surface area contributed by atoms with Crippen LogP contribution in [-0.4, -0.2) is 55.7 Å². The van der Waals surface area contributed by atoms with E-state index in [1.807, 2.05) is 42.6 Å². The van der Waals surface area contributed by atoms with Crippen LogP contribution in [0, 0.1) is 5.92 Å². The van der Waals surface area contributed by atoms with Gasteiger partial charge in [0, 0.05) is 43.9 Å². The molecular formula is C21H24ClN3O2. The van der Waals surface area contributed by atoms with E-state index in [1.165, 1.54) is 7.11 Å². The molecule has 0 spiro atoms. The molecule has 1 saturated heterocycles. The first-order chi connectivity index (χ1) is 13.1. The fraction of sp³-hybridized carbons (Fsp3) is 0.429. The molecule has 0 bridgehead atoms. The van der Waals surface area contributed by atoms with Gasteiger partial charge in [0.2, 0.25) is 0 Å². The van der Waals surface area contributed by atoms with Crippen molar-refractivity contribution < 1.29 is 9.53 Å². The zero-order valence-corrected chi connectivity index (χ0v) is 16.2. The van der Waals surface area contributed by atoms with Gasteiger partial charge in [0.15, 0.2) is 0 Å². The first-order valence-electron chi connectivity index (χ1n) is 9.36. The van der Waals surface area contributed by atoms with Crippen LogP contribution in [0.15, 0.2) is 48.7 Å². The number of anilines is 1. The number of nitrogens with zero attached hydrogens (tertiary/aromatic N) is 3. The highest BCUT2D eigenvalue weighted by molar-refractivity contribution is 6.30. The van der Waals surface area contributed by atoms with Gasteiger partial charge in [-0.2, -0.15) is 0 Å². The summed E-state index contributed by atoms with van der Waals surface area (Å²) in [7, 11) is 1.47. The van der Waals surface area contributed by atoms with Gasteiger partial charge >= 0.3 is 5.97 Å². The van der Waals surface area contributed by atoms with Crippen molar-refractivity contribution in [1.29, 1.82) is 0 Å². The molecule has 1 saturated carbocycles. The molecular weight excluding hydrogens is 362 g/mol. The Kier molecular flexibility index (Phi) is 5.06. The Labute approximate surface area is 164 Å². The van der Waals surface area contributed by atoms with Gasteiger partial charge in [-0.3, -0.25) is 9.69 Å². The minimum atomic E-state index is -0.516. The van der Waals surface area contributed by atoms with Gasteiger partial charge in [-0.1, -0.05) is 29.8 Å². The van der Waals surface area contributed by atoms with Crippen molar-refractivity contribution in [1.82, 2.24) is 9.88 Å². The summed E-state index contributed by atoms with van der Waals surface area (Å²) in [5, 5.41) is 0.682. The molecule has 1 aromatic carbocycles. The molecule has 2 aromatic rings. The Bertz CT molecular complexity index is 791. The van der Waals surface area contributed by atoms with Gasteiger partial charge in [0.05, 0.1) is 12.5 Å². The Balaban J connectivity index is 1.40. The molecule has 0 amide bonds. The second kappa shape index (κ2) is 7.49. The minimum absolute atomic E-state index is 0.137. The fourth-order valence-corrected chi connectivity index (χ4v) is 4.34. The number of benzene rings is 1. The van der Waals surface area contributed by atoms with Gasteiger partial charge < -0.3 is 9.64 Å². The van der Waals surface area contributed by atoms with E-state index in [0.717, 1.165) is 50.5 Å². The number of piperazine rings is 1. The van der Waals surface area contributed by atoms with Crippen LogP contribution in [-0.2, 0) is 14.9 Å². The molecule has 142 valence electrons. The minimum Gasteiger partial charge on any atom is -0.468 e. The predicted molar refractivity (Wildman–Crippen MR) is 106 cm³/mol. The molecule has 2 atom stereocenters. The number of carbonyl (C=O) groups excluding carboxylic acids is 1. The van der Waals surface area contributed by atoms with Crippen LogP contribution in [0.2, 0.25) is 5.02 Å². The zero-order valence-electron chi connectivity index (χ0n) is 15.5. The largest absolute Gasteiger partial charge is 0.468 e. The van der Waals surface area contributed by atoms with Crippen LogP contribution in [0.4, 0.5) is 5.82 Å². The first kappa shape index (κ1) is 18.3. The predicted octanol–water partition coefficient (Wildman–Crippen LogP) is 2.99. The Morgan fingerprint density at radius 3 is 2.56 bits per heavy atom. The summed E-state index contributed by atoms with van der Waals surface area (Å²) < 4.78 is 5.15. The van der Waals surface area contributed by atoms with E-state index in [4.69, 9.17) is 16.3 Å². The van der Waals surface area contributed by atoms with Gasteiger partial charge in [-0.15, -0.1) is 0 Å². The molecule has 2 heterocycles. The number of carbonyl (C=O) groups is 1. The first-order valence-corrected chi connectivity index (χ1v) is 9.74. The number of pyridine rings is 1. The number of hydrogen-bond acceptors (Lipinski definition) is 5. The van der Waals surface area contributed by atoms with Crippen LogP contribution in [0.5, 0.6) is 0 Å². The summed E-state index contributed by atoms with van der Waals surface area (Å²) in [5.41, 5.74) is 0.494. The van der Waals surface area contributed by atoms with Crippen LogP contribution in [0.3, 0.4) is 0 Å². The third-order valence-electron chi connectivity index (χ3n) is 5.84. The molecule has 4 rings (SSSR count). The van der Waals surface area contributed by atoms with E-state index in [1.54, 1.807) is 0 Å². The molecule has 0 unspecified atom stereocenters. The standard InChI is InChI=1S/C21H24ClN3O2/c1-27-20(26)21(16-5-7-18(22)8-6-16)14-17(21)15-24-10-12-25(13-11-24)19-4-2-3-9-23-19/h2-9,17H,10-15H2,1H3/t17-,21+/m1/s1. The van der Waals surface area contributed by atoms with Crippen molar-refractivity contribution >= 4 is 23.4 Å². The third-order valence-corrected chi connectivity index (χ3v) is 6.09. The van der Waals surface area contributed by atoms with E-state index in [9.17, 15) is 4.79 Å². The second-order valence-corrected chi connectivity index (χ2v) is 7.78. The highest BCUT2D eigenvalue weighted by atomic mass is 35.5. The van der Waals surface area contributed by atoms with Crippen LogP contribution < -0.4 is 4.90 Å². The summed E-state index contributed by atoms with van der Waals surface area (Å²) in [6.45, 7) is 4.77. The van der Waals surface area contributed by atoms with Crippen molar-refractivity contribution in [2.24, 2.45) is 5.92 Å². The van der Waals surface area contributed by atoms with Gasteiger partial charge in [-0.25, -0.2) is 4.98 Å². The number of aromatic nitrogens is 1. The lowest BCUT2D eigenvalue weighted by Crippen LogP contribution is -2.47. The van der Waals surface area contributed by atoms with Crippen molar-refractivity contribution in [3.63, 3.8) is 0 Å². The highest BCUT2D eigenvalue weighted by Crippen LogP contribution is 2.55. The lowest BCUT2D eigenvalue weighted by molar-refractivity contribution is -0.144. The highest BCUT2D eigenvalue weighted by Gasteiger charge is 2.62. The normalized spacial score (nSPS) is 25.3. The van der Waals surface area contributed by atoms with E-state index >= 15 is 0 Å². The van der Waals surface area contributed by atoms with Gasteiger partial charge in [0.25, 0.3) is 0 Å². The van der Waals surface area contributed by atoms with E-state index in [0.29, 0.717) is 5.02 Å². The number of hydrogen-bond donors (Lipinski definition) is 0. The molecule has 1 aromatic heterocycles. The lowest BCUT2D eigenvalue weighted by Gasteiger charge is -2.35. The Hall–Kier alpha value is -2.11. The van der Waals surface area contributed by atoms with E-state index < -0.39 is 5.41 Å². The van der Waals surface area contributed by atoms with E-state index in [-0.39, 0.29) is 11.9 Å². The van der Waals surface area contributed by atoms with Crippen molar-refractivity contribution in [2.45, 2.75) is 11.8 Å². The van der Waals surface area contributed by atoms with Crippen LogP contribution >= 0.6 is 11.6 Å². The average Bonchev–Trinajstić information content (AvgIpc) is 3.44. The fourth-order valence-electron chi connectivity index (χ4n) is 4.21. The topological polar surface area (TPSA) is 45.7 Å². The maximum Gasteiger partial charge on any atom is 0.316 e. The third kappa shape index (κ3) is 3.54. The molecule has 0 N–H and O–H groups in total. The molecule has 27 heavy (non-hydrogen) atoms. The number of methoxy groups -OCH3 is 1. The maximum absolute atomic E-state index is 12.6. The van der Waals surface area contributed by atoms with Gasteiger partial charge in [-0.05, 0) is 42.2 Å². The van der Waals surface area contributed by atoms with Crippen molar-refractivity contribution in [3.05, 3.63) is 59.2 Å². The summed E-state index contributed by atoms with van der Waals surface area (Å²) in [6.07, 6.45) is 2.67. The Morgan fingerprint density at radius 2 is 1.93 bits per heavy atom. The molecule has 0 radical (unpaired) electrons. The van der Waals surface area contributed by atoms with Crippen molar-refractivity contribution in [3.8, 4) is 0 Å². The monoisotopic (exact) mass is 385 g/mol. The molecule has 1 aliphatic heterocycles. The van der Waals surface area contributed by atoms with Gasteiger partial charge in [0.1, 0.15) is 5.82 Å². The molecule has 2 fully saturated rings. The number of esters is 1. The zero-order chi connectivity index (χ0) is 18.9. The maximum atomic E-state index is 12.6. The average molecular weight is 386 g/mol. The SMILES string of the molecule is COC(=O)[C@]1(c2ccc(Cl)cc2)C[C@@H]1CN1CCN(c2ccccn2)CC1. The van der Waals surface area contributed by atoms with Crippen LogP contribution in [0.1, 0.15) is 12.0 Å². The lowest BCUT2D eigenvalue weighted by atomic mass is 9.93. The van der Waals surface area contributed by atoms with Crippen molar-refractivity contribution in [2.75, 3.05) is 44.7 Å². The quantitative estimate of drug-likeness (QED) is 0.740. The molecule has 6 heteroatoms. The summed E-state index contributed by atoms with van der Waals surface area (Å²) in [5.74, 6) is 1.18. The number of halogens is 1. The smallest absolute Gasteiger partial charge is 0.316 e. The molecule has 2 aliphatic rings. The second-order valence-electron chi connectivity index (χ2n) is 7.35. The van der Waals surface area contributed by atoms with Crippen LogP contribution in [0.25, 0.3) is 0 Å². The summed E-state index contributed by atoms with van der Waals surface area (Å²) >= 11 is 6.02. The Morgan fingerprint density at radius 1 is 1.19 bits per heavy atom. The molecule has 5 nitrogen and oxygen atoms in total. The number of rotatable bonds is 5.